The molecule has 2 heterocycles. The van der Waals surface area contributed by atoms with Gasteiger partial charge < -0.3 is 72.5 Å². The molecule has 2 aliphatic heterocycles. The first-order chi connectivity index (χ1) is 18.0. The molecule has 1 unspecified atom stereocenters. The third kappa shape index (κ3) is 7.60. The van der Waals surface area contributed by atoms with Crippen LogP contribution in [0.4, 0.5) is 0 Å². The molecule has 38 heavy (non-hydrogen) atoms. The molecular formula is C24H48N6O8. The maximum Gasteiger partial charge on any atom is 0.215 e. The van der Waals surface area contributed by atoms with Crippen LogP contribution in [0.1, 0.15) is 26.7 Å². The fourth-order valence-electron chi connectivity index (χ4n) is 5.20. The van der Waals surface area contributed by atoms with Gasteiger partial charge in [-0.3, -0.25) is 0 Å². The summed E-state index contributed by atoms with van der Waals surface area (Å²) >= 11 is 0. The van der Waals surface area contributed by atoms with Gasteiger partial charge in [-0.2, -0.15) is 0 Å². The van der Waals surface area contributed by atoms with E-state index in [4.69, 9.17) is 36.1 Å². The number of ether oxygens (including phenoxy) is 4. The van der Waals surface area contributed by atoms with Gasteiger partial charge in [0.15, 0.2) is 6.29 Å². The van der Waals surface area contributed by atoms with Crippen LogP contribution in [0.3, 0.4) is 0 Å². The highest BCUT2D eigenvalue weighted by atomic mass is 16.7. The quantitative estimate of drug-likeness (QED) is 0.111. The fourth-order valence-corrected chi connectivity index (χ4v) is 5.20. The van der Waals surface area contributed by atoms with Gasteiger partial charge in [0.05, 0.1) is 31.3 Å². The van der Waals surface area contributed by atoms with E-state index in [1.54, 1.807) is 14.0 Å². The molecule has 0 spiro atoms. The second-order valence-electron chi connectivity index (χ2n) is 10.6. The monoisotopic (exact) mass is 548 g/mol. The standard InChI is InChI=1S/C24H48N6O8/c1-4-29-10-13-5-6-14(26)22(36-13)37-19-15(27)7-16(30-9-12(31)8-25)20(17(19)32)38-23-18(33)21(28-3)24(2,34)11-35-23/h5,12,14-23,28-34H,4,6-11,25-27H2,1-3H3/t12?,14-,15+,16-,17+,18-,19-,20+,21-,22-,23-,24+/m1/s1. The zero-order valence-corrected chi connectivity index (χ0v) is 22.5. The molecule has 222 valence electrons. The fraction of sp³-hybridized carbons (Fsp3) is 0.917. The number of aliphatic hydroxyl groups is 4. The third-order valence-electron chi connectivity index (χ3n) is 7.41. The van der Waals surface area contributed by atoms with E-state index < -0.39 is 72.9 Å². The Hall–Kier alpha value is -0.980. The van der Waals surface area contributed by atoms with Gasteiger partial charge in [-0.1, -0.05) is 6.92 Å². The van der Waals surface area contributed by atoms with Gasteiger partial charge in [-0.25, -0.2) is 0 Å². The van der Waals surface area contributed by atoms with E-state index in [9.17, 15) is 20.4 Å². The van der Waals surface area contributed by atoms with Gasteiger partial charge >= 0.3 is 0 Å². The Bertz CT molecular complexity index is 763. The Kier molecular flexibility index (Phi) is 11.7. The van der Waals surface area contributed by atoms with Crippen LogP contribution in [-0.2, 0) is 18.9 Å². The lowest BCUT2D eigenvalue weighted by molar-refractivity contribution is -0.304. The van der Waals surface area contributed by atoms with E-state index in [2.05, 4.69) is 16.0 Å². The van der Waals surface area contributed by atoms with Gasteiger partial charge in [0, 0.05) is 25.2 Å². The Labute approximate surface area is 224 Å². The number of likely N-dealkylation sites (N-methyl/N-ethyl adjacent to an activating group) is 2. The number of nitrogens with one attached hydrogen (secondary N) is 3. The molecule has 0 radical (unpaired) electrons. The lowest BCUT2D eigenvalue weighted by Gasteiger charge is -2.49. The van der Waals surface area contributed by atoms with Gasteiger partial charge in [-0.05, 0) is 39.4 Å². The van der Waals surface area contributed by atoms with Crippen molar-refractivity contribution >= 4 is 0 Å². The van der Waals surface area contributed by atoms with Crippen molar-refractivity contribution in [1.82, 2.24) is 16.0 Å². The summed E-state index contributed by atoms with van der Waals surface area (Å²) in [7, 11) is 1.62. The molecule has 3 aliphatic rings. The molecule has 14 nitrogen and oxygen atoms in total. The predicted molar refractivity (Wildman–Crippen MR) is 139 cm³/mol. The van der Waals surface area contributed by atoms with E-state index in [1.165, 1.54) is 0 Å². The zero-order valence-electron chi connectivity index (χ0n) is 22.5. The molecule has 1 aliphatic carbocycles. The molecule has 1 saturated carbocycles. The number of rotatable bonds is 12. The van der Waals surface area contributed by atoms with Crippen molar-refractivity contribution in [3.05, 3.63) is 11.8 Å². The van der Waals surface area contributed by atoms with E-state index >= 15 is 0 Å². The normalized spacial score (nSPS) is 42.8. The van der Waals surface area contributed by atoms with Gasteiger partial charge in [0.1, 0.15) is 35.8 Å². The Morgan fingerprint density at radius 2 is 1.87 bits per heavy atom. The van der Waals surface area contributed by atoms with Crippen LogP contribution in [0.2, 0.25) is 0 Å². The number of hydrogen-bond acceptors (Lipinski definition) is 14. The van der Waals surface area contributed by atoms with Crippen molar-refractivity contribution < 1.29 is 39.4 Å². The van der Waals surface area contributed by atoms with Crippen LogP contribution in [0.25, 0.3) is 0 Å². The molecule has 0 aromatic rings. The average molecular weight is 549 g/mol. The molecule has 2 fully saturated rings. The summed E-state index contributed by atoms with van der Waals surface area (Å²) in [6, 6.07) is -2.36. The van der Waals surface area contributed by atoms with Crippen LogP contribution in [0.5, 0.6) is 0 Å². The molecule has 0 bridgehead atoms. The molecule has 0 aromatic carbocycles. The maximum absolute atomic E-state index is 11.5. The molecule has 0 amide bonds. The topological polar surface area (TPSA) is 232 Å². The van der Waals surface area contributed by atoms with Crippen LogP contribution < -0.4 is 33.2 Å². The van der Waals surface area contributed by atoms with Crippen LogP contribution >= 0.6 is 0 Å². The Morgan fingerprint density at radius 3 is 2.53 bits per heavy atom. The van der Waals surface area contributed by atoms with E-state index in [-0.39, 0.29) is 19.7 Å². The average Bonchev–Trinajstić information content (AvgIpc) is 2.88. The second kappa shape index (κ2) is 14.1. The highest BCUT2D eigenvalue weighted by Gasteiger charge is 2.51. The van der Waals surface area contributed by atoms with Crippen molar-refractivity contribution in [3.8, 4) is 0 Å². The van der Waals surface area contributed by atoms with Crippen molar-refractivity contribution in [3.63, 3.8) is 0 Å². The molecule has 13 N–H and O–H groups in total. The largest absolute Gasteiger partial charge is 0.467 e. The number of aliphatic hydroxyl groups excluding tert-OH is 3. The summed E-state index contributed by atoms with van der Waals surface area (Å²) in [5, 5.41) is 52.2. The van der Waals surface area contributed by atoms with Crippen molar-refractivity contribution in [2.75, 3.05) is 39.8 Å². The van der Waals surface area contributed by atoms with Gasteiger partial charge in [0.25, 0.3) is 0 Å². The third-order valence-corrected chi connectivity index (χ3v) is 7.41. The van der Waals surface area contributed by atoms with Crippen LogP contribution in [0, 0.1) is 0 Å². The Balaban J connectivity index is 1.76. The summed E-state index contributed by atoms with van der Waals surface area (Å²) in [5.41, 5.74) is 16.9. The summed E-state index contributed by atoms with van der Waals surface area (Å²) in [6.07, 6.45) is -4.41. The van der Waals surface area contributed by atoms with Crippen LogP contribution in [-0.4, -0.2) is 133 Å². The molecule has 14 heteroatoms. The summed E-state index contributed by atoms with van der Waals surface area (Å²) in [5.74, 6) is 0.699. The van der Waals surface area contributed by atoms with E-state index in [1.807, 2.05) is 13.0 Å². The summed E-state index contributed by atoms with van der Waals surface area (Å²) in [4.78, 5) is 0. The van der Waals surface area contributed by atoms with Crippen molar-refractivity contribution in [2.45, 2.75) is 99.6 Å². The molecule has 0 aromatic heterocycles. The molecule has 12 atom stereocenters. The summed E-state index contributed by atoms with van der Waals surface area (Å²) in [6.45, 7) is 4.93. The summed E-state index contributed by atoms with van der Waals surface area (Å²) < 4.78 is 23.9. The number of nitrogens with two attached hydrogens (primary N) is 3. The van der Waals surface area contributed by atoms with Gasteiger partial charge in [-0.15, -0.1) is 0 Å². The van der Waals surface area contributed by atoms with Gasteiger partial charge in [0.2, 0.25) is 6.29 Å². The second-order valence-corrected chi connectivity index (χ2v) is 10.6. The Morgan fingerprint density at radius 1 is 1.16 bits per heavy atom. The first-order valence-electron chi connectivity index (χ1n) is 13.4. The van der Waals surface area contributed by atoms with Crippen LogP contribution in [0.15, 0.2) is 11.8 Å². The molecule has 1 saturated heterocycles. The first-order valence-corrected chi connectivity index (χ1v) is 13.4. The minimum Gasteiger partial charge on any atom is -0.467 e. The lowest BCUT2D eigenvalue weighted by Crippen LogP contribution is -2.69. The van der Waals surface area contributed by atoms with E-state index in [0.29, 0.717) is 25.1 Å². The predicted octanol–water partition coefficient (Wildman–Crippen LogP) is -4.25. The molecular weight excluding hydrogens is 500 g/mol. The highest BCUT2D eigenvalue weighted by molar-refractivity contribution is 5.05. The highest BCUT2D eigenvalue weighted by Crippen LogP contribution is 2.32. The van der Waals surface area contributed by atoms with E-state index in [0.717, 1.165) is 6.54 Å². The lowest BCUT2D eigenvalue weighted by atomic mass is 9.83. The first kappa shape index (κ1) is 31.5. The van der Waals surface area contributed by atoms with Crippen molar-refractivity contribution in [2.24, 2.45) is 17.2 Å². The molecule has 3 rings (SSSR count). The zero-order chi connectivity index (χ0) is 28.0. The minimum absolute atomic E-state index is 0.0502. The van der Waals surface area contributed by atoms with Crippen molar-refractivity contribution in [1.29, 1.82) is 0 Å². The smallest absolute Gasteiger partial charge is 0.215 e. The maximum atomic E-state index is 11.5. The minimum atomic E-state index is -1.33. The number of hydrogen-bond donors (Lipinski definition) is 10. The SMILES string of the molecule is CCNCC1=CC[C@@H](N)[C@@H](O[C@H]2[C@H](O)[C@@H](O[C@H]3OC[C@](C)(O)[C@H](NC)[C@H]3O)[C@H](NCC(O)CN)C[C@@H]2N)O1.